The van der Waals surface area contributed by atoms with Crippen molar-refractivity contribution >= 4 is 51.8 Å². The fourth-order valence-corrected chi connectivity index (χ4v) is 3.61. The Balaban J connectivity index is 1.62. The molecule has 0 atom stereocenters. The van der Waals surface area contributed by atoms with Crippen LogP contribution in [-0.4, -0.2) is 11.1 Å². The lowest BCUT2D eigenvalue weighted by Crippen LogP contribution is -2.14. The summed E-state index contributed by atoms with van der Waals surface area (Å²) in [5, 5.41) is 16.5. The van der Waals surface area contributed by atoms with Gasteiger partial charge in [0, 0.05) is 16.3 Å². The predicted octanol–water partition coefficient (Wildman–Crippen LogP) is 7.37. The highest BCUT2D eigenvalue weighted by atomic mass is 35.5. The van der Waals surface area contributed by atoms with Crippen molar-refractivity contribution in [3.63, 3.8) is 0 Å². The van der Waals surface area contributed by atoms with Crippen LogP contribution in [0.1, 0.15) is 11.1 Å². The molecular formula is C24H12Cl2F3N3O2. The molecule has 0 fully saturated rings. The molecule has 3 aromatic carbocycles. The topological polar surface area (TPSA) is 78.9 Å². The van der Waals surface area contributed by atoms with Crippen molar-refractivity contribution in [2.24, 2.45) is 0 Å². The summed E-state index contributed by atoms with van der Waals surface area (Å²) in [6.45, 7) is 0. The van der Waals surface area contributed by atoms with Crippen LogP contribution < -0.4 is 5.32 Å². The number of nitriles is 1. The summed E-state index contributed by atoms with van der Waals surface area (Å²) in [7, 11) is 0. The molecule has 4 aromatic rings. The number of carbonyl (C=O) groups is 1. The van der Waals surface area contributed by atoms with Crippen LogP contribution in [0.25, 0.3) is 28.3 Å². The van der Waals surface area contributed by atoms with Gasteiger partial charge in [-0.05, 0) is 66.2 Å². The molecule has 0 spiro atoms. The first-order valence-electron chi connectivity index (χ1n) is 9.61. The highest BCUT2D eigenvalue weighted by molar-refractivity contribution is 6.32. The molecule has 10 heteroatoms. The molecule has 1 aromatic heterocycles. The van der Waals surface area contributed by atoms with Gasteiger partial charge in [-0.15, -0.1) is 0 Å². The number of amides is 1. The molecule has 0 aliphatic rings. The van der Waals surface area contributed by atoms with Crippen LogP contribution in [-0.2, 0) is 11.0 Å². The van der Waals surface area contributed by atoms with Gasteiger partial charge < -0.3 is 9.84 Å². The van der Waals surface area contributed by atoms with Crippen molar-refractivity contribution in [3.8, 4) is 17.4 Å². The van der Waals surface area contributed by atoms with E-state index >= 15 is 0 Å². The molecule has 5 nitrogen and oxygen atoms in total. The molecule has 1 heterocycles. The van der Waals surface area contributed by atoms with Gasteiger partial charge in [0.25, 0.3) is 5.91 Å². The number of nitrogens with zero attached hydrogens (tertiary/aromatic N) is 2. The summed E-state index contributed by atoms with van der Waals surface area (Å²) in [5.41, 5.74) is 0.559. The first kappa shape index (κ1) is 23.4. The van der Waals surface area contributed by atoms with Gasteiger partial charge in [0.15, 0.2) is 5.76 Å². The number of rotatable bonds is 4. The minimum atomic E-state index is -4.62. The lowest BCUT2D eigenvalue weighted by molar-refractivity contribution is -0.137. The van der Waals surface area contributed by atoms with E-state index in [2.05, 4.69) is 10.5 Å². The monoisotopic (exact) mass is 501 g/mol. The number of aromatic nitrogens is 1. The lowest BCUT2D eigenvalue weighted by Gasteiger charge is -2.11. The van der Waals surface area contributed by atoms with Gasteiger partial charge in [0.1, 0.15) is 17.2 Å². The van der Waals surface area contributed by atoms with E-state index in [1.807, 2.05) is 0 Å². The van der Waals surface area contributed by atoms with Crippen molar-refractivity contribution in [1.29, 1.82) is 5.26 Å². The van der Waals surface area contributed by atoms with Crippen LogP contribution in [0.2, 0.25) is 10.0 Å². The Bertz CT molecular complexity index is 1470. The van der Waals surface area contributed by atoms with E-state index in [0.29, 0.717) is 27.2 Å². The third-order valence-corrected chi connectivity index (χ3v) is 5.38. The molecule has 0 unspecified atom stereocenters. The van der Waals surface area contributed by atoms with Gasteiger partial charge in [-0.2, -0.15) is 18.4 Å². The summed E-state index contributed by atoms with van der Waals surface area (Å²) < 4.78 is 44.1. The number of hydrogen-bond acceptors (Lipinski definition) is 4. The third-order valence-electron chi connectivity index (χ3n) is 4.82. The molecular weight excluding hydrogens is 490 g/mol. The average molecular weight is 502 g/mol. The second kappa shape index (κ2) is 9.21. The van der Waals surface area contributed by atoms with Crippen molar-refractivity contribution in [1.82, 2.24) is 5.16 Å². The Kier molecular flexibility index (Phi) is 6.33. The molecule has 0 saturated carbocycles. The molecule has 0 saturated heterocycles. The van der Waals surface area contributed by atoms with Crippen molar-refractivity contribution in [2.75, 3.05) is 5.32 Å². The highest BCUT2D eigenvalue weighted by Gasteiger charge is 2.33. The lowest BCUT2D eigenvalue weighted by atomic mass is 10.0. The normalized spacial score (nSPS) is 11.9. The van der Waals surface area contributed by atoms with E-state index in [1.54, 1.807) is 48.5 Å². The Hall–Kier alpha value is -3.80. The summed E-state index contributed by atoms with van der Waals surface area (Å²) in [6, 6.07) is 16.6. The fourth-order valence-electron chi connectivity index (χ4n) is 3.19. The van der Waals surface area contributed by atoms with Crippen LogP contribution in [0, 0.1) is 11.3 Å². The SMILES string of the molecule is N#C/C(=C\c1ccc2noc(-c3ccc(Cl)cc3)c2c1)C(=O)Nc1ccc(C(F)(F)F)c(Cl)c1. The van der Waals surface area contributed by atoms with Gasteiger partial charge in [0.05, 0.1) is 16.0 Å². The first-order chi connectivity index (χ1) is 16.2. The number of anilines is 1. The quantitative estimate of drug-likeness (QED) is 0.234. The van der Waals surface area contributed by atoms with Gasteiger partial charge >= 0.3 is 6.18 Å². The Labute approximate surface area is 201 Å². The minimum Gasteiger partial charge on any atom is -0.355 e. The van der Waals surface area contributed by atoms with E-state index in [4.69, 9.17) is 27.7 Å². The fraction of sp³-hybridized carbons (Fsp3) is 0.0417. The zero-order valence-corrected chi connectivity index (χ0v) is 18.5. The standard InChI is InChI=1S/C24H12Cl2F3N3O2/c25-16-4-2-14(3-5-16)22-18-10-13(1-8-21(18)32-34-22)9-15(12-30)23(33)31-17-6-7-19(20(26)11-17)24(27,28)29/h1-11H,(H,31,33)/b15-9+. The number of alkyl halides is 3. The largest absolute Gasteiger partial charge is 0.417 e. The second-order valence-corrected chi connectivity index (χ2v) is 7.96. The summed E-state index contributed by atoms with van der Waals surface area (Å²) in [6.07, 6.45) is -3.28. The molecule has 0 bridgehead atoms. The summed E-state index contributed by atoms with van der Waals surface area (Å²) >= 11 is 11.6. The van der Waals surface area contributed by atoms with E-state index < -0.39 is 22.7 Å². The van der Waals surface area contributed by atoms with Crippen molar-refractivity contribution in [3.05, 3.63) is 87.4 Å². The van der Waals surface area contributed by atoms with Crippen LogP contribution in [0.4, 0.5) is 18.9 Å². The molecule has 34 heavy (non-hydrogen) atoms. The first-order valence-corrected chi connectivity index (χ1v) is 10.4. The van der Waals surface area contributed by atoms with Gasteiger partial charge in [-0.25, -0.2) is 0 Å². The summed E-state index contributed by atoms with van der Waals surface area (Å²) in [4.78, 5) is 12.6. The number of fused-ring (bicyclic) bond motifs is 1. The van der Waals surface area contributed by atoms with Crippen LogP contribution in [0.15, 0.2) is 70.8 Å². The molecule has 170 valence electrons. The number of halogens is 5. The maximum atomic E-state index is 12.9. The minimum absolute atomic E-state index is 0.0173. The molecule has 4 rings (SSSR count). The van der Waals surface area contributed by atoms with Crippen molar-refractivity contribution in [2.45, 2.75) is 6.18 Å². The Morgan fingerprint density at radius 2 is 1.79 bits per heavy atom. The number of carbonyl (C=O) groups excluding carboxylic acids is 1. The Morgan fingerprint density at radius 1 is 1.06 bits per heavy atom. The molecule has 0 aliphatic carbocycles. The number of nitrogens with one attached hydrogen (secondary N) is 1. The second-order valence-electron chi connectivity index (χ2n) is 7.11. The van der Waals surface area contributed by atoms with Gasteiger partial charge in [0.2, 0.25) is 0 Å². The number of hydrogen-bond donors (Lipinski definition) is 1. The molecule has 1 amide bonds. The third kappa shape index (κ3) is 4.91. The summed E-state index contributed by atoms with van der Waals surface area (Å²) in [5.74, 6) is -0.314. The highest BCUT2D eigenvalue weighted by Crippen LogP contribution is 2.36. The molecule has 0 aliphatic heterocycles. The van der Waals surface area contributed by atoms with Crippen LogP contribution in [0.3, 0.4) is 0 Å². The van der Waals surface area contributed by atoms with Crippen molar-refractivity contribution < 1.29 is 22.5 Å². The van der Waals surface area contributed by atoms with Gasteiger partial charge in [-0.1, -0.05) is 34.4 Å². The van der Waals surface area contributed by atoms with Gasteiger partial charge in [-0.3, -0.25) is 4.79 Å². The van der Waals surface area contributed by atoms with E-state index in [0.717, 1.165) is 23.8 Å². The maximum absolute atomic E-state index is 12.9. The van der Waals surface area contributed by atoms with E-state index in [-0.39, 0.29) is 11.3 Å². The zero-order valence-electron chi connectivity index (χ0n) is 17.0. The Morgan fingerprint density at radius 3 is 2.44 bits per heavy atom. The van der Waals surface area contributed by atoms with E-state index in [1.165, 1.54) is 6.08 Å². The maximum Gasteiger partial charge on any atom is 0.417 e. The number of benzene rings is 3. The molecule has 1 N–H and O–H groups in total. The van der Waals surface area contributed by atoms with Crippen LogP contribution in [0.5, 0.6) is 0 Å². The zero-order chi connectivity index (χ0) is 24.5. The predicted molar refractivity (Wildman–Crippen MR) is 123 cm³/mol. The smallest absolute Gasteiger partial charge is 0.355 e. The van der Waals surface area contributed by atoms with E-state index in [9.17, 15) is 23.2 Å². The average Bonchev–Trinajstić information content (AvgIpc) is 3.20. The van der Waals surface area contributed by atoms with Crippen LogP contribution >= 0.6 is 23.2 Å². The molecule has 0 radical (unpaired) electrons.